The first-order chi connectivity index (χ1) is 20.9. The van der Waals surface area contributed by atoms with Gasteiger partial charge < -0.3 is 4.74 Å². The van der Waals surface area contributed by atoms with E-state index in [1.807, 2.05) is 0 Å². The molecule has 0 bridgehead atoms. The molecule has 1 aromatic heterocycles. The number of halogens is 8. The number of hydrogen-bond donors (Lipinski definition) is 0. The van der Waals surface area contributed by atoms with Crippen molar-refractivity contribution >= 4 is 21.6 Å². The Balaban J connectivity index is 1.27. The monoisotopic (exact) mass is 633 g/mol. The molecule has 0 spiro atoms. The van der Waals surface area contributed by atoms with Crippen LogP contribution in [0.2, 0.25) is 0 Å². The number of ether oxygens (including phenoxy) is 1. The lowest BCUT2D eigenvalue weighted by molar-refractivity contribution is -0.185. The van der Waals surface area contributed by atoms with Gasteiger partial charge in [0.2, 0.25) is 5.01 Å². The van der Waals surface area contributed by atoms with Crippen LogP contribution >= 0.6 is 11.3 Å². The van der Waals surface area contributed by atoms with Crippen molar-refractivity contribution < 1.29 is 39.9 Å². The van der Waals surface area contributed by atoms with E-state index in [-0.39, 0.29) is 45.0 Å². The predicted octanol–water partition coefficient (Wildman–Crippen LogP) is 10.9. The van der Waals surface area contributed by atoms with Gasteiger partial charge in [0, 0.05) is 17.7 Å². The van der Waals surface area contributed by atoms with E-state index >= 15 is 13.2 Å². The number of thiazole rings is 1. The molecule has 1 fully saturated rings. The van der Waals surface area contributed by atoms with E-state index in [0.717, 1.165) is 43.4 Å². The maximum atomic E-state index is 15.3. The predicted molar refractivity (Wildman–Crippen MR) is 152 cm³/mol. The molecule has 0 unspecified atom stereocenters. The first-order valence-electron chi connectivity index (χ1n) is 13.8. The van der Waals surface area contributed by atoms with Gasteiger partial charge in [0.1, 0.15) is 23.2 Å². The molecule has 44 heavy (non-hydrogen) atoms. The molecule has 5 aromatic rings. The highest BCUT2D eigenvalue weighted by molar-refractivity contribution is 7.18. The summed E-state index contributed by atoms with van der Waals surface area (Å²) < 4.78 is 120. The number of alkyl halides is 2. The molecule has 0 N–H and O–H groups in total. The van der Waals surface area contributed by atoms with Gasteiger partial charge in [-0.2, -0.15) is 8.78 Å². The van der Waals surface area contributed by atoms with Crippen LogP contribution in [0, 0.1) is 40.8 Å². The van der Waals surface area contributed by atoms with E-state index < -0.39 is 57.3 Å². The summed E-state index contributed by atoms with van der Waals surface area (Å²) in [5.74, 6) is -7.90. The molecule has 0 radical (unpaired) electrons. The van der Waals surface area contributed by atoms with Crippen LogP contribution in [0.3, 0.4) is 0 Å². The SMILES string of the molecule is CC1CCC(c2ccc(-c3cc(F)c(-c4ccc5nc(C(F)(F)Oc6cc(F)c(F)c(F)c6)sc5c4)c(F)c3)c(F)c2)CC1. The second kappa shape index (κ2) is 11.5. The Kier molecular flexibility index (Phi) is 7.85. The normalized spacial score (nSPS) is 17.3. The van der Waals surface area contributed by atoms with Crippen molar-refractivity contribution in [2.45, 2.75) is 44.6 Å². The van der Waals surface area contributed by atoms with Crippen molar-refractivity contribution in [3.63, 3.8) is 0 Å². The van der Waals surface area contributed by atoms with E-state index in [0.29, 0.717) is 17.3 Å². The molecule has 0 saturated heterocycles. The van der Waals surface area contributed by atoms with Crippen LogP contribution in [0.4, 0.5) is 35.1 Å². The molecule has 1 saturated carbocycles. The van der Waals surface area contributed by atoms with Gasteiger partial charge in [-0.15, -0.1) is 11.3 Å². The van der Waals surface area contributed by atoms with Crippen molar-refractivity contribution in [2.75, 3.05) is 0 Å². The fraction of sp³-hybridized carbons (Fsp3) is 0.242. The Hall–Kier alpha value is -3.99. The highest BCUT2D eigenvalue weighted by Gasteiger charge is 2.39. The average molecular weight is 634 g/mol. The van der Waals surface area contributed by atoms with Gasteiger partial charge in [0.05, 0.1) is 15.8 Å². The van der Waals surface area contributed by atoms with Crippen LogP contribution in [0.25, 0.3) is 32.5 Å². The van der Waals surface area contributed by atoms with Gasteiger partial charge in [-0.05, 0) is 71.7 Å². The third-order valence-electron chi connectivity index (χ3n) is 7.96. The molecular formula is C33H23F8NOS. The highest BCUT2D eigenvalue weighted by atomic mass is 32.1. The molecule has 1 aliphatic carbocycles. The van der Waals surface area contributed by atoms with Gasteiger partial charge >= 0.3 is 6.11 Å². The summed E-state index contributed by atoms with van der Waals surface area (Å²) >= 11 is 0.428. The summed E-state index contributed by atoms with van der Waals surface area (Å²) in [7, 11) is 0. The van der Waals surface area contributed by atoms with Crippen molar-refractivity contribution in [3.05, 3.63) is 106 Å². The maximum absolute atomic E-state index is 15.3. The summed E-state index contributed by atoms with van der Waals surface area (Å²) in [4.78, 5) is 3.78. The second-order valence-electron chi connectivity index (χ2n) is 11.0. The minimum absolute atomic E-state index is 0.0108. The summed E-state index contributed by atoms with van der Waals surface area (Å²) in [6, 6.07) is 11.1. The van der Waals surface area contributed by atoms with E-state index in [1.54, 1.807) is 6.07 Å². The molecule has 228 valence electrons. The largest absolute Gasteiger partial charge is 0.454 e. The Labute approximate surface area is 250 Å². The molecule has 0 amide bonds. The molecule has 6 rings (SSSR count). The second-order valence-corrected chi connectivity index (χ2v) is 12.1. The van der Waals surface area contributed by atoms with Crippen LogP contribution in [-0.4, -0.2) is 4.98 Å². The van der Waals surface area contributed by atoms with Crippen LogP contribution in [0.1, 0.15) is 49.1 Å². The Bertz CT molecular complexity index is 1830. The van der Waals surface area contributed by atoms with E-state index in [1.165, 1.54) is 30.3 Å². The molecular weight excluding hydrogens is 610 g/mol. The lowest BCUT2D eigenvalue weighted by Gasteiger charge is -2.26. The zero-order chi connectivity index (χ0) is 31.3. The third-order valence-corrected chi connectivity index (χ3v) is 9.03. The summed E-state index contributed by atoms with van der Waals surface area (Å²) in [6.07, 6.45) is -0.122. The fourth-order valence-electron chi connectivity index (χ4n) is 5.60. The Morgan fingerprint density at radius 2 is 1.39 bits per heavy atom. The first-order valence-corrected chi connectivity index (χ1v) is 14.6. The van der Waals surface area contributed by atoms with Crippen LogP contribution in [-0.2, 0) is 6.11 Å². The molecule has 0 atom stereocenters. The summed E-state index contributed by atoms with van der Waals surface area (Å²) in [5, 5.41) is -0.909. The molecule has 0 aliphatic heterocycles. The molecule has 11 heteroatoms. The quantitative estimate of drug-likeness (QED) is 0.137. The fourth-order valence-corrected chi connectivity index (χ4v) is 6.52. The summed E-state index contributed by atoms with van der Waals surface area (Å²) in [6.45, 7) is 2.19. The van der Waals surface area contributed by atoms with E-state index in [9.17, 15) is 22.0 Å². The maximum Gasteiger partial charge on any atom is 0.454 e. The first kappa shape index (κ1) is 30.1. The number of aromatic nitrogens is 1. The smallest absolute Gasteiger partial charge is 0.427 e. The van der Waals surface area contributed by atoms with E-state index in [4.69, 9.17) is 0 Å². The number of hydrogen-bond acceptors (Lipinski definition) is 3. The molecule has 1 aliphatic rings. The summed E-state index contributed by atoms with van der Waals surface area (Å²) in [5.41, 5.74) is 0.536. The number of benzene rings is 4. The molecule has 1 heterocycles. The zero-order valence-corrected chi connectivity index (χ0v) is 23.9. The van der Waals surface area contributed by atoms with Crippen molar-refractivity contribution in [1.82, 2.24) is 4.98 Å². The van der Waals surface area contributed by atoms with Crippen molar-refractivity contribution in [1.29, 1.82) is 0 Å². The van der Waals surface area contributed by atoms with Crippen LogP contribution < -0.4 is 4.74 Å². The lowest BCUT2D eigenvalue weighted by Crippen LogP contribution is -2.21. The molecule has 2 nitrogen and oxygen atoms in total. The van der Waals surface area contributed by atoms with Gasteiger partial charge in [-0.3, -0.25) is 0 Å². The zero-order valence-electron chi connectivity index (χ0n) is 23.0. The van der Waals surface area contributed by atoms with E-state index in [2.05, 4.69) is 16.6 Å². The minimum atomic E-state index is -4.17. The topological polar surface area (TPSA) is 22.1 Å². The van der Waals surface area contributed by atoms with Gasteiger partial charge in [0.25, 0.3) is 0 Å². The standard InChI is InChI=1S/C33H23F8NOS/c1-16-2-4-17(5-3-16)18-6-8-22(23(34)10-18)20-11-24(35)30(25(36)12-20)19-7-9-28-29(13-19)44-32(42-28)33(40,41)43-21-14-26(37)31(39)27(38)15-21/h6-17H,2-5H2,1H3. The van der Waals surface area contributed by atoms with Crippen molar-refractivity contribution in [2.24, 2.45) is 5.92 Å². The number of nitrogens with zero attached hydrogens (tertiary/aromatic N) is 1. The highest BCUT2D eigenvalue weighted by Crippen LogP contribution is 2.41. The van der Waals surface area contributed by atoms with Crippen molar-refractivity contribution in [3.8, 4) is 28.0 Å². The minimum Gasteiger partial charge on any atom is -0.427 e. The van der Waals surface area contributed by atoms with Gasteiger partial charge in [-0.1, -0.05) is 38.0 Å². The lowest BCUT2D eigenvalue weighted by atomic mass is 9.79. The Morgan fingerprint density at radius 3 is 2.02 bits per heavy atom. The van der Waals surface area contributed by atoms with Crippen LogP contribution in [0.15, 0.2) is 60.7 Å². The molecule has 4 aromatic carbocycles. The third kappa shape index (κ3) is 5.77. The Morgan fingerprint density at radius 1 is 0.727 bits per heavy atom. The average Bonchev–Trinajstić information content (AvgIpc) is 3.40. The van der Waals surface area contributed by atoms with Gasteiger partial charge in [0.15, 0.2) is 17.5 Å². The van der Waals surface area contributed by atoms with Crippen LogP contribution in [0.5, 0.6) is 5.75 Å². The van der Waals surface area contributed by atoms with Gasteiger partial charge in [-0.25, -0.2) is 31.3 Å². The number of fused-ring (bicyclic) bond motifs is 1. The number of rotatable bonds is 6.